The molecule has 0 aromatic carbocycles. The van der Waals surface area contributed by atoms with Crippen LogP contribution in [0.2, 0.25) is 24.7 Å². The maximum atomic E-state index is 15.5. The standard InChI is InChI=1S/C28H42ClF2N5O3Si/c1-26(2,3)40(5,6)39-18-13-27(14-18)9-11-37-24-19-21(20(31)22(29)33-24)32-25(34-23(19)35(27)4)38-16-28-8-7-10-36(28)15-17(30)12-28/h17-18,25,34H,7-16H2,1-6H3/t17-,18?,25?,27?,28+/m1/s1/i/hD. The molecule has 4 aliphatic heterocycles. The largest absolute Gasteiger partial charge is 0.477 e. The highest BCUT2D eigenvalue weighted by Gasteiger charge is 2.53. The second-order valence-corrected chi connectivity index (χ2v) is 18.9. The number of nitrogens with one attached hydrogen (secondary N) is 1. The molecule has 0 bridgehead atoms. The molecule has 1 saturated carbocycles. The number of hydrogen-bond acceptors (Lipinski definition) is 8. The van der Waals surface area contributed by atoms with E-state index in [-0.39, 0.29) is 39.7 Å². The Balaban J connectivity index is 1.33. The number of rotatable bonds is 5. The molecule has 5 aliphatic rings. The summed E-state index contributed by atoms with van der Waals surface area (Å²) in [5, 5.41) is 1.25. The molecule has 1 N–H and O–H groups in total. The molecule has 40 heavy (non-hydrogen) atoms. The topological polar surface area (TPSA) is 71.5 Å². The van der Waals surface area contributed by atoms with Crippen LogP contribution < -0.4 is 20.6 Å². The van der Waals surface area contributed by atoms with Crippen LogP contribution in [0.15, 0.2) is 4.99 Å². The van der Waals surface area contributed by atoms with Crippen LogP contribution in [0.3, 0.4) is 0 Å². The molecule has 1 aliphatic carbocycles. The van der Waals surface area contributed by atoms with Gasteiger partial charge in [0.25, 0.3) is 0 Å². The third-order valence-electron chi connectivity index (χ3n) is 10.3. The molecule has 2 saturated heterocycles. The fraction of sp³-hybridized carbons (Fsp3) is 0.786. The zero-order valence-electron chi connectivity index (χ0n) is 25.4. The van der Waals surface area contributed by atoms with Crippen molar-refractivity contribution in [2.24, 2.45) is 4.99 Å². The molecule has 8 nitrogen and oxygen atoms in total. The Morgan fingerprint density at radius 1 is 1.27 bits per heavy atom. The first-order valence-electron chi connectivity index (χ1n) is 14.9. The van der Waals surface area contributed by atoms with Crippen LogP contribution in [0.25, 0.3) is 5.82 Å². The molecule has 3 atom stereocenters. The Bertz CT molecular complexity index is 1340. The summed E-state index contributed by atoms with van der Waals surface area (Å²) in [7, 11) is -0.0259. The fourth-order valence-electron chi connectivity index (χ4n) is 6.92. The van der Waals surface area contributed by atoms with Gasteiger partial charge in [-0.05, 0) is 50.4 Å². The zero-order valence-corrected chi connectivity index (χ0v) is 26.2. The van der Waals surface area contributed by atoms with Crippen molar-refractivity contribution in [3.8, 4) is 5.88 Å². The summed E-state index contributed by atoms with van der Waals surface area (Å²) >= 11 is 6.19. The zero-order chi connectivity index (χ0) is 29.5. The average molecular weight is 599 g/mol. The van der Waals surface area contributed by atoms with Crippen molar-refractivity contribution < 1.29 is 24.1 Å². The maximum Gasteiger partial charge on any atom is 0.228 e. The molecule has 1 spiro atoms. The predicted octanol–water partition coefficient (Wildman–Crippen LogP) is 3.68. The summed E-state index contributed by atoms with van der Waals surface area (Å²) in [4.78, 5) is 12.9. The lowest BCUT2D eigenvalue weighted by Gasteiger charge is -2.57. The van der Waals surface area contributed by atoms with E-state index >= 15 is 4.39 Å². The predicted molar refractivity (Wildman–Crippen MR) is 151 cm³/mol. The van der Waals surface area contributed by atoms with Crippen LogP contribution in [0.1, 0.15) is 59.3 Å². The Morgan fingerprint density at radius 2 is 2.02 bits per heavy atom. The molecule has 12 heteroatoms. The molecule has 1 aromatic heterocycles. The van der Waals surface area contributed by atoms with Crippen LogP contribution in [-0.4, -0.2) is 86.2 Å². The van der Waals surface area contributed by atoms with E-state index in [0.717, 1.165) is 32.2 Å². The minimum atomic E-state index is -1.97. The van der Waals surface area contributed by atoms with Gasteiger partial charge in [0.2, 0.25) is 12.2 Å². The highest BCUT2D eigenvalue weighted by molar-refractivity contribution is 6.74. The van der Waals surface area contributed by atoms with E-state index in [1.807, 2.05) is 7.05 Å². The van der Waals surface area contributed by atoms with Crippen LogP contribution in [0, 0.1) is 5.82 Å². The van der Waals surface area contributed by atoms with Gasteiger partial charge in [0.1, 0.15) is 22.6 Å². The van der Waals surface area contributed by atoms with Crippen molar-refractivity contribution in [3.63, 3.8) is 0 Å². The van der Waals surface area contributed by atoms with Crippen LogP contribution in [-0.2, 0) is 9.16 Å². The Labute approximate surface area is 242 Å². The molecule has 0 radical (unpaired) electrons. The minimum absolute atomic E-state index is 0.0173. The van der Waals surface area contributed by atoms with E-state index < -0.39 is 32.2 Å². The van der Waals surface area contributed by atoms with Crippen molar-refractivity contribution in [1.29, 1.82) is 0 Å². The molecule has 0 amide bonds. The third-order valence-corrected chi connectivity index (χ3v) is 15.1. The summed E-state index contributed by atoms with van der Waals surface area (Å²) in [6.07, 6.45) is 2.48. The SMILES string of the molecule is [2H]N1C2=c3c(nc(Cl)c(F)c3=NC1OC[C@@]13CCCN1C[C@H](F)C3)OCCC1(CC(O[Si](C)(C)C(C)(C)C)C1)N2C. The molecule has 6 rings (SSSR count). The molecular weight excluding hydrogens is 556 g/mol. The van der Waals surface area contributed by atoms with Gasteiger partial charge >= 0.3 is 0 Å². The summed E-state index contributed by atoms with van der Waals surface area (Å²) in [5.74, 6) is -0.194. The van der Waals surface area contributed by atoms with Crippen molar-refractivity contribution in [2.45, 2.75) is 107 Å². The molecular formula is C28H42ClF2N5O3Si. The number of aromatic nitrogens is 1. The first-order valence-corrected chi connectivity index (χ1v) is 17.8. The van der Waals surface area contributed by atoms with Gasteiger partial charge in [-0.1, -0.05) is 32.4 Å². The first kappa shape index (κ1) is 27.3. The van der Waals surface area contributed by atoms with Crippen LogP contribution in [0.5, 0.6) is 5.88 Å². The van der Waals surface area contributed by atoms with E-state index in [0.29, 0.717) is 37.0 Å². The van der Waals surface area contributed by atoms with Crippen molar-refractivity contribution >= 4 is 25.7 Å². The summed E-state index contributed by atoms with van der Waals surface area (Å²) < 4.78 is 58.2. The quantitative estimate of drug-likeness (QED) is 0.410. The second kappa shape index (κ2) is 9.76. The Morgan fingerprint density at radius 3 is 2.75 bits per heavy atom. The number of alkyl halides is 1. The van der Waals surface area contributed by atoms with Gasteiger partial charge in [-0.2, -0.15) is 4.98 Å². The number of halogens is 3. The lowest BCUT2D eigenvalue weighted by Crippen LogP contribution is -2.65. The van der Waals surface area contributed by atoms with E-state index in [4.69, 9.17) is 25.5 Å². The molecule has 3 fully saturated rings. The molecule has 5 heterocycles. The summed E-state index contributed by atoms with van der Waals surface area (Å²) in [6.45, 7) is 13.0. The highest BCUT2D eigenvalue weighted by atomic mass is 35.5. The normalized spacial score (nSPS) is 34.5. The Hall–Kier alpha value is -1.53. The third kappa shape index (κ3) is 4.64. The number of fused-ring (bicyclic) bond motifs is 1. The van der Waals surface area contributed by atoms with Gasteiger partial charge in [-0.15, -0.1) is 0 Å². The fourth-order valence-corrected chi connectivity index (χ4v) is 8.44. The van der Waals surface area contributed by atoms with Gasteiger partial charge < -0.3 is 24.1 Å². The molecule has 1 unspecified atom stereocenters. The maximum absolute atomic E-state index is 15.5. The van der Waals surface area contributed by atoms with Crippen molar-refractivity contribution in [2.75, 3.05) is 33.4 Å². The number of ether oxygens (including phenoxy) is 2. The van der Waals surface area contributed by atoms with Crippen LogP contribution >= 0.6 is 11.6 Å². The summed E-state index contributed by atoms with van der Waals surface area (Å²) in [5.41, 5.74) is -0.762. The Kier molecular flexibility index (Phi) is 6.66. The second-order valence-electron chi connectivity index (χ2n) is 13.8. The van der Waals surface area contributed by atoms with Gasteiger partial charge in [-0.3, -0.25) is 4.90 Å². The summed E-state index contributed by atoms with van der Waals surface area (Å²) in [6, 6.07) is 0. The smallest absolute Gasteiger partial charge is 0.228 e. The number of pyridine rings is 1. The van der Waals surface area contributed by atoms with Crippen molar-refractivity contribution in [3.05, 3.63) is 21.5 Å². The number of nitrogens with zero attached hydrogens (tertiary/aromatic N) is 4. The first-order chi connectivity index (χ1) is 19.2. The highest BCUT2D eigenvalue weighted by Crippen LogP contribution is 2.48. The van der Waals surface area contributed by atoms with Gasteiger partial charge in [-0.25, -0.2) is 13.8 Å². The molecule has 222 valence electrons. The van der Waals surface area contributed by atoms with Gasteiger partial charge in [0, 0.05) is 43.6 Å². The van der Waals surface area contributed by atoms with Gasteiger partial charge in [0.15, 0.2) is 20.7 Å². The monoisotopic (exact) mass is 598 g/mol. The van der Waals surface area contributed by atoms with E-state index in [2.05, 4.69) is 53.6 Å². The van der Waals surface area contributed by atoms with E-state index in [1.165, 1.54) is 5.31 Å². The van der Waals surface area contributed by atoms with Crippen LogP contribution in [0.4, 0.5) is 8.78 Å². The van der Waals surface area contributed by atoms with Gasteiger partial charge in [0.05, 0.1) is 13.2 Å². The number of hydrogen-bond donors (Lipinski definition) is 1. The molecule has 1 aromatic rings. The van der Waals surface area contributed by atoms with E-state index in [1.54, 1.807) is 0 Å². The lowest BCUT2D eigenvalue weighted by atomic mass is 9.71. The van der Waals surface area contributed by atoms with Crippen molar-refractivity contribution in [1.82, 2.24) is 20.1 Å². The minimum Gasteiger partial charge on any atom is -0.477 e. The average Bonchev–Trinajstić information content (AvgIpc) is 3.37. The lowest BCUT2D eigenvalue weighted by molar-refractivity contribution is -0.0558. The van der Waals surface area contributed by atoms with E-state index in [9.17, 15) is 5.80 Å².